The van der Waals surface area contributed by atoms with Gasteiger partial charge in [-0.15, -0.1) is 6.42 Å². The SMILES string of the molecule is C#Cc1ccc(C2CCCCC2)cc1.C=C(C)c1ccc(C)c(NC(=O)NCCCC(C)=O)c1.CC.CC(C)(C)C. The molecule has 226 valence electrons. The highest BCUT2D eigenvalue weighted by atomic mass is 16.2. The molecule has 0 saturated heterocycles. The van der Waals surface area contributed by atoms with Crippen molar-refractivity contribution in [1.29, 1.82) is 0 Å². The van der Waals surface area contributed by atoms with E-state index in [2.05, 4.69) is 75.1 Å². The van der Waals surface area contributed by atoms with Crippen molar-refractivity contribution in [2.24, 2.45) is 5.41 Å². The van der Waals surface area contributed by atoms with Gasteiger partial charge in [-0.25, -0.2) is 4.79 Å². The molecule has 1 aliphatic rings. The highest BCUT2D eigenvalue weighted by Crippen LogP contribution is 2.32. The molecular weight excluding hydrogens is 504 g/mol. The van der Waals surface area contributed by atoms with Crippen LogP contribution in [0.1, 0.15) is 129 Å². The molecule has 2 amide bonds. The summed E-state index contributed by atoms with van der Waals surface area (Å²) in [6.07, 6.45) is 13.4. The van der Waals surface area contributed by atoms with Crippen molar-refractivity contribution in [2.75, 3.05) is 11.9 Å². The van der Waals surface area contributed by atoms with Gasteiger partial charge in [-0.1, -0.05) is 103 Å². The normalized spacial score (nSPS) is 12.5. The summed E-state index contributed by atoms with van der Waals surface area (Å²) in [5.41, 5.74) is 6.69. The molecule has 0 bridgehead atoms. The Morgan fingerprint density at radius 2 is 1.54 bits per heavy atom. The fourth-order valence-electron chi connectivity index (χ4n) is 4.02. The van der Waals surface area contributed by atoms with Crippen LogP contribution in [0, 0.1) is 24.7 Å². The van der Waals surface area contributed by atoms with Crippen LogP contribution in [0.15, 0.2) is 49.0 Å². The van der Waals surface area contributed by atoms with Crippen LogP contribution in [0.25, 0.3) is 5.57 Å². The molecule has 0 aromatic heterocycles. The summed E-state index contributed by atoms with van der Waals surface area (Å²) in [5.74, 6) is 3.58. The number of amides is 2. The molecular formula is C37H56N2O2. The van der Waals surface area contributed by atoms with Crippen LogP contribution >= 0.6 is 0 Å². The van der Waals surface area contributed by atoms with Crippen molar-refractivity contribution in [2.45, 2.75) is 113 Å². The van der Waals surface area contributed by atoms with E-state index in [0.29, 0.717) is 24.8 Å². The number of rotatable bonds is 7. The van der Waals surface area contributed by atoms with Gasteiger partial charge in [-0.05, 0) is 86.3 Å². The third-order valence-corrected chi connectivity index (χ3v) is 6.12. The van der Waals surface area contributed by atoms with Crippen LogP contribution in [0.3, 0.4) is 0 Å². The summed E-state index contributed by atoms with van der Waals surface area (Å²) in [7, 11) is 0. The number of carbonyl (C=O) groups is 2. The Balaban J connectivity index is 0.000000658. The van der Waals surface area contributed by atoms with Crippen LogP contribution in [0.5, 0.6) is 0 Å². The lowest BCUT2D eigenvalue weighted by Gasteiger charge is -2.21. The molecule has 0 radical (unpaired) electrons. The summed E-state index contributed by atoms with van der Waals surface area (Å²) in [6.45, 7) is 22.5. The minimum absolute atomic E-state index is 0.136. The first-order chi connectivity index (χ1) is 19.3. The van der Waals surface area contributed by atoms with Crippen molar-refractivity contribution in [3.8, 4) is 12.3 Å². The molecule has 4 heteroatoms. The van der Waals surface area contributed by atoms with E-state index in [1.54, 1.807) is 6.92 Å². The van der Waals surface area contributed by atoms with Crippen molar-refractivity contribution in [1.82, 2.24) is 5.32 Å². The second-order valence-electron chi connectivity index (χ2n) is 12.1. The molecule has 0 atom stereocenters. The summed E-state index contributed by atoms with van der Waals surface area (Å²) >= 11 is 0. The molecule has 2 aromatic rings. The summed E-state index contributed by atoms with van der Waals surface area (Å²) in [4.78, 5) is 22.5. The third kappa shape index (κ3) is 18.6. The monoisotopic (exact) mass is 560 g/mol. The molecule has 41 heavy (non-hydrogen) atoms. The van der Waals surface area contributed by atoms with Crippen LogP contribution in [0.4, 0.5) is 10.5 Å². The third-order valence-electron chi connectivity index (χ3n) is 6.12. The number of aryl methyl sites for hydroxylation is 1. The Kier molecular flexibility index (Phi) is 18.9. The number of terminal acetylenes is 1. The zero-order valence-electron chi connectivity index (χ0n) is 27.4. The van der Waals surface area contributed by atoms with Crippen molar-refractivity contribution < 1.29 is 9.59 Å². The number of urea groups is 1. The maximum atomic E-state index is 11.8. The number of ketones is 1. The Labute approximate surface area is 251 Å². The molecule has 0 spiro atoms. The number of allylic oxidation sites excluding steroid dienone is 1. The standard InChI is InChI=1S/C16H22N2O2.C14H16.C5H12.C2H6/c1-11(2)14-8-7-12(3)15(10-14)18-16(20)17-9-5-6-13(4)19;1-2-12-8-10-14(11-9-12)13-6-4-3-5-7-13;1-5(2,3)4;1-2/h7-8,10H,1,5-6,9H2,2-4H3,(H2,17,18,20);1,8-11,13H,3-7H2;1-4H3;1-2H3. The lowest BCUT2D eigenvalue weighted by molar-refractivity contribution is -0.117. The predicted octanol–water partition coefficient (Wildman–Crippen LogP) is 10.3. The first-order valence-electron chi connectivity index (χ1n) is 15.2. The number of hydrogen-bond donors (Lipinski definition) is 2. The maximum Gasteiger partial charge on any atom is 0.319 e. The van der Waals surface area contributed by atoms with Crippen molar-refractivity contribution in [3.05, 3.63) is 71.3 Å². The maximum absolute atomic E-state index is 11.8. The second kappa shape index (κ2) is 20.5. The largest absolute Gasteiger partial charge is 0.338 e. The molecule has 1 saturated carbocycles. The highest BCUT2D eigenvalue weighted by Gasteiger charge is 2.14. The van der Waals surface area contributed by atoms with E-state index >= 15 is 0 Å². The van der Waals surface area contributed by atoms with Crippen LogP contribution in [0.2, 0.25) is 0 Å². The van der Waals surface area contributed by atoms with E-state index in [-0.39, 0.29) is 11.8 Å². The number of Topliss-reactive ketones (excluding diaryl/α,β-unsaturated/α-hetero) is 1. The highest BCUT2D eigenvalue weighted by molar-refractivity contribution is 5.90. The first-order valence-corrected chi connectivity index (χ1v) is 15.2. The van der Waals surface area contributed by atoms with E-state index in [0.717, 1.165) is 33.9 Å². The fraction of sp³-hybridized carbons (Fsp3) is 0.514. The van der Waals surface area contributed by atoms with Crippen LogP contribution in [-0.4, -0.2) is 18.4 Å². The zero-order chi connectivity index (χ0) is 31.4. The Bertz CT molecular complexity index is 1090. The van der Waals surface area contributed by atoms with Gasteiger partial charge in [0.25, 0.3) is 0 Å². The summed E-state index contributed by atoms with van der Waals surface area (Å²) < 4.78 is 0. The topological polar surface area (TPSA) is 58.2 Å². The lowest BCUT2D eigenvalue weighted by Crippen LogP contribution is -2.30. The van der Waals surface area contributed by atoms with E-state index in [9.17, 15) is 9.59 Å². The predicted molar refractivity (Wildman–Crippen MR) is 180 cm³/mol. The molecule has 2 aromatic carbocycles. The van der Waals surface area contributed by atoms with E-state index in [1.165, 1.54) is 37.7 Å². The molecule has 4 nitrogen and oxygen atoms in total. The van der Waals surface area contributed by atoms with E-state index in [4.69, 9.17) is 6.42 Å². The first kappa shape index (κ1) is 37.7. The van der Waals surface area contributed by atoms with Gasteiger partial charge >= 0.3 is 6.03 Å². The van der Waals surface area contributed by atoms with Gasteiger partial charge < -0.3 is 15.4 Å². The molecule has 0 aliphatic heterocycles. The minimum Gasteiger partial charge on any atom is -0.338 e. The van der Waals surface area contributed by atoms with Gasteiger partial charge in [-0.2, -0.15) is 0 Å². The molecule has 0 heterocycles. The molecule has 1 aliphatic carbocycles. The second-order valence-corrected chi connectivity index (χ2v) is 12.1. The summed E-state index contributed by atoms with van der Waals surface area (Å²) in [6, 6.07) is 14.1. The Morgan fingerprint density at radius 3 is 2.02 bits per heavy atom. The fourth-order valence-corrected chi connectivity index (χ4v) is 4.02. The van der Waals surface area contributed by atoms with Gasteiger partial charge in [0.05, 0.1) is 0 Å². The van der Waals surface area contributed by atoms with Gasteiger partial charge in [0.2, 0.25) is 0 Å². The number of nitrogens with one attached hydrogen (secondary N) is 2. The summed E-state index contributed by atoms with van der Waals surface area (Å²) in [5, 5.41) is 5.56. The average Bonchev–Trinajstić information content (AvgIpc) is 2.93. The van der Waals surface area contributed by atoms with Crippen LogP contribution < -0.4 is 10.6 Å². The molecule has 2 N–H and O–H groups in total. The zero-order valence-corrected chi connectivity index (χ0v) is 27.4. The average molecular weight is 561 g/mol. The van der Waals surface area contributed by atoms with Crippen LogP contribution in [-0.2, 0) is 4.79 Å². The smallest absolute Gasteiger partial charge is 0.319 e. The van der Waals surface area contributed by atoms with Gasteiger partial charge in [0, 0.05) is 24.2 Å². The number of carbonyl (C=O) groups excluding carboxylic acids is 2. The van der Waals surface area contributed by atoms with Gasteiger partial charge in [0.1, 0.15) is 5.78 Å². The molecule has 1 fully saturated rings. The number of hydrogen-bond acceptors (Lipinski definition) is 2. The molecule has 0 unspecified atom stereocenters. The number of benzene rings is 2. The van der Waals surface area contributed by atoms with E-state index < -0.39 is 0 Å². The van der Waals surface area contributed by atoms with Gasteiger partial charge in [-0.3, -0.25) is 0 Å². The Hall–Kier alpha value is -3.32. The van der Waals surface area contributed by atoms with E-state index in [1.807, 2.05) is 45.9 Å². The number of anilines is 1. The molecule has 3 rings (SSSR count). The van der Waals surface area contributed by atoms with Crippen molar-refractivity contribution in [3.63, 3.8) is 0 Å². The van der Waals surface area contributed by atoms with Crippen molar-refractivity contribution >= 4 is 23.1 Å². The Morgan fingerprint density at radius 1 is 0.976 bits per heavy atom. The van der Waals surface area contributed by atoms with Gasteiger partial charge in [0.15, 0.2) is 0 Å². The lowest BCUT2D eigenvalue weighted by atomic mass is 9.84. The minimum atomic E-state index is -0.254. The quantitative estimate of drug-likeness (QED) is 0.261.